The number of benzene rings is 2. The van der Waals surface area contributed by atoms with Crippen molar-refractivity contribution in [2.45, 2.75) is 12.8 Å². The molecule has 6 nitrogen and oxygen atoms in total. The van der Waals surface area contributed by atoms with Gasteiger partial charge in [0.1, 0.15) is 0 Å². The van der Waals surface area contributed by atoms with E-state index in [2.05, 4.69) is 16.0 Å². The molecule has 3 amide bonds. The van der Waals surface area contributed by atoms with E-state index in [1.54, 1.807) is 61.7 Å². The summed E-state index contributed by atoms with van der Waals surface area (Å²) in [7, 11) is 1.58. The molecule has 0 atom stereocenters. The minimum absolute atomic E-state index is 0.0529. The van der Waals surface area contributed by atoms with Gasteiger partial charge in [-0.05, 0) is 60.9 Å². The average Bonchev–Trinajstić information content (AvgIpc) is 3.53. The van der Waals surface area contributed by atoms with Crippen molar-refractivity contribution in [2.24, 2.45) is 5.92 Å². The molecule has 3 N–H and O–H groups in total. The van der Waals surface area contributed by atoms with Crippen molar-refractivity contribution in [3.8, 4) is 0 Å². The maximum Gasteiger partial charge on any atom is 0.251 e. The first-order valence-electron chi connectivity index (χ1n) is 8.77. The maximum absolute atomic E-state index is 12.0. The van der Waals surface area contributed by atoms with Crippen molar-refractivity contribution in [3.63, 3.8) is 0 Å². The third kappa shape index (κ3) is 5.28. The lowest BCUT2D eigenvalue weighted by Gasteiger charge is -2.06. The van der Waals surface area contributed by atoms with Crippen LogP contribution in [0.25, 0.3) is 6.08 Å². The molecule has 0 aromatic heterocycles. The van der Waals surface area contributed by atoms with Gasteiger partial charge in [0, 0.05) is 36.0 Å². The molecule has 2 aromatic rings. The quantitative estimate of drug-likeness (QED) is 0.690. The third-order valence-electron chi connectivity index (χ3n) is 4.20. The van der Waals surface area contributed by atoms with Crippen LogP contribution in [0, 0.1) is 5.92 Å². The first kappa shape index (κ1) is 18.4. The van der Waals surface area contributed by atoms with Crippen molar-refractivity contribution >= 4 is 35.2 Å². The fraction of sp³-hybridized carbons (Fsp3) is 0.190. The van der Waals surface area contributed by atoms with E-state index in [0.717, 1.165) is 24.1 Å². The lowest BCUT2D eigenvalue weighted by molar-refractivity contribution is -0.117. The molecule has 1 fully saturated rings. The molecule has 6 heteroatoms. The summed E-state index contributed by atoms with van der Waals surface area (Å²) in [5.74, 6) is -0.211. The number of hydrogen-bond acceptors (Lipinski definition) is 3. The van der Waals surface area contributed by atoms with Crippen LogP contribution >= 0.6 is 0 Å². The van der Waals surface area contributed by atoms with Gasteiger partial charge in [0.2, 0.25) is 11.8 Å². The summed E-state index contributed by atoms with van der Waals surface area (Å²) >= 11 is 0. The Labute approximate surface area is 157 Å². The Balaban J connectivity index is 1.53. The summed E-state index contributed by atoms with van der Waals surface area (Å²) in [6, 6.07) is 13.9. The van der Waals surface area contributed by atoms with Crippen LogP contribution in [0.1, 0.15) is 28.8 Å². The van der Waals surface area contributed by atoms with E-state index in [-0.39, 0.29) is 23.6 Å². The Morgan fingerprint density at radius 3 is 2.04 bits per heavy atom. The molecule has 138 valence electrons. The van der Waals surface area contributed by atoms with Crippen molar-refractivity contribution in [2.75, 3.05) is 17.7 Å². The third-order valence-corrected chi connectivity index (χ3v) is 4.20. The second-order valence-electron chi connectivity index (χ2n) is 6.36. The predicted octanol–water partition coefficient (Wildman–Crippen LogP) is 3.05. The molecular formula is C21H21N3O3. The lowest BCUT2D eigenvalue weighted by Crippen LogP contribution is -2.17. The Bertz CT molecular complexity index is 867. The summed E-state index contributed by atoms with van der Waals surface area (Å²) in [4.78, 5) is 35.3. The Hall–Kier alpha value is -3.41. The van der Waals surface area contributed by atoms with Crippen molar-refractivity contribution in [1.82, 2.24) is 5.32 Å². The smallest absolute Gasteiger partial charge is 0.251 e. The van der Waals surface area contributed by atoms with Crippen molar-refractivity contribution in [1.29, 1.82) is 0 Å². The fourth-order valence-electron chi connectivity index (χ4n) is 2.47. The van der Waals surface area contributed by atoms with Crippen LogP contribution in [-0.2, 0) is 9.59 Å². The van der Waals surface area contributed by atoms with E-state index in [1.807, 2.05) is 0 Å². The van der Waals surface area contributed by atoms with Crippen LogP contribution in [0.3, 0.4) is 0 Å². The second kappa shape index (κ2) is 8.31. The zero-order chi connectivity index (χ0) is 19.2. The Morgan fingerprint density at radius 1 is 0.889 bits per heavy atom. The molecule has 0 unspecified atom stereocenters. The largest absolute Gasteiger partial charge is 0.355 e. The van der Waals surface area contributed by atoms with E-state index in [0.29, 0.717) is 11.3 Å². The molecule has 0 bridgehead atoms. The highest BCUT2D eigenvalue weighted by Gasteiger charge is 2.29. The van der Waals surface area contributed by atoms with E-state index in [1.165, 1.54) is 6.08 Å². The molecule has 0 radical (unpaired) electrons. The number of hydrogen-bond donors (Lipinski definition) is 3. The molecule has 27 heavy (non-hydrogen) atoms. The van der Waals surface area contributed by atoms with E-state index in [4.69, 9.17) is 0 Å². The molecule has 1 aliphatic rings. The fourth-order valence-corrected chi connectivity index (χ4v) is 2.47. The van der Waals surface area contributed by atoms with Gasteiger partial charge >= 0.3 is 0 Å². The standard InChI is InChI=1S/C21H21N3O3/c1-22-20(26)15-5-2-14(3-6-15)4-13-19(25)23-17-9-11-18(12-10-17)24-21(27)16-7-8-16/h2-6,9-13,16H,7-8H2,1H3,(H,22,26)(H,23,25)(H,24,27)/b13-4+. The molecular weight excluding hydrogens is 342 g/mol. The Kier molecular flexibility index (Phi) is 5.66. The van der Waals surface area contributed by atoms with E-state index < -0.39 is 0 Å². The van der Waals surface area contributed by atoms with E-state index in [9.17, 15) is 14.4 Å². The monoisotopic (exact) mass is 363 g/mol. The molecule has 0 saturated heterocycles. The van der Waals surface area contributed by atoms with Gasteiger partial charge in [-0.25, -0.2) is 0 Å². The molecule has 3 rings (SSSR count). The minimum Gasteiger partial charge on any atom is -0.355 e. The van der Waals surface area contributed by atoms with Crippen molar-refractivity contribution in [3.05, 3.63) is 65.7 Å². The lowest BCUT2D eigenvalue weighted by atomic mass is 10.1. The van der Waals surface area contributed by atoms with Gasteiger partial charge in [-0.1, -0.05) is 12.1 Å². The summed E-state index contributed by atoms with van der Waals surface area (Å²) in [6.07, 6.45) is 5.02. The van der Waals surface area contributed by atoms with Crippen LogP contribution in [0.2, 0.25) is 0 Å². The summed E-state index contributed by atoms with van der Waals surface area (Å²) in [5, 5.41) is 8.17. The predicted molar refractivity (Wildman–Crippen MR) is 105 cm³/mol. The number of amides is 3. The Morgan fingerprint density at radius 2 is 1.48 bits per heavy atom. The number of carbonyl (C=O) groups is 3. The molecule has 0 aliphatic heterocycles. The van der Waals surface area contributed by atoms with Crippen LogP contribution < -0.4 is 16.0 Å². The molecule has 1 aliphatic carbocycles. The number of nitrogens with one attached hydrogen (secondary N) is 3. The van der Waals surface area contributed by atoms with Crippen LogP contribution in [0.4, 0.5) is 11.4 Å². The van der Waals surface area contributed by atoms with Gasteiger partial charge in [0.05, 0.1) is 0 Å². The number of rotatable bonds is 6. The molecule has 1 saturated carbocycles. The minimum atomic E-state index is -0.264. The SMILES string of the molecule is CNC(=O)c1ccc(/C=C/C(=O)Nc2ccc(NC(=O)C3CC3)cc2)cc1. The summed E-state index contributed by atoms with van der Waals surface area (Å²) < 4.78 is 0. The van der Waals surface area contributed by atoms with Crippen LogP contribution in [0.5, 0.6) is 0 Å². The van der Waals surface area contributed by atoms with E-state index >= 15 is 0 Å². The highest BCUT2D eigenvalue weighted by Crippen LogP contribution is 2.30. The zero-order valence-electron chi connectivity index (χ0n) is 15.0. The van der Waals surface area contributed by atoms with Gasteiger partial charge in [-0.15, -0.1) is 0 Å². The highest BCUT2D eigenvalue weighted by molar-refractivity contribution is 6.02. The van der Waals surface area contributed by atoms with Gasteiger partial charge in [0.15, 0.2) is 0 Å². The molecule has 0 heterocycles. The number of carbonyl (C=O) groups excluding carboxylic acids is 3. The van der Waals surface area contributed by atoms with Gasteiger partial charge in [-0.2, -0.15) is 0 Å². The normalized spacial score (nSPS) is 13.2. The van der Waals surface area contributed by atoms with Crippen molar-refractivity contribution < 1.29 is 14.4 Å². The van der Waals surface area contributed by atoms with Crippen LogP contribution in [-0.4, -0.2) is 24.8 Å². The topological polar surface area (TPSA) is 87.3 Å². The second-order valence-corrected chi connectivity index (χ2v) is 6.36. The molecule has 2 aromatic carbocycles. The highest BCUT2D eigenvalue weighted by atomic mass is 16.2. The first-order chi connectivity index (χ1) is 13.0. The zero-order valence-corrected chi connectivity index (χ0v) is 15.0. The summed E-state index contributed by atoms with van der Waals surface area (Å²) in [5.41, 5.74) is 2.74. The number of anilines is 2. The van der Waals surface area contributed by atoms with Gasteiger partial charge < -0.3 is 16.0 Å². The molecule has 0 spiro atoms. The maximum atomic E-state index is 12.0. The van der Waals surface area contributed by atoms with Gasteiger partial charge in [0.25, 0.3) is 5.91 Å². The average molecular weight is 363 g/mol. The first-order valence-corrected chi connectivity index (χ1v) is 8.77. The van der Waals surface area contributed by atoms with Crippen LogP contribution in [0.15, 0.2) is 54.6 Å². The summed E-state index contributed by atoms with van der Waals surface area (Å²) in [6.45, 7) is 0. The van der Waals surface area contributed by atoms with Gasteiger partial charge in [-0.3, -0.25) is 14.4 Å².